The summed E-state index contributed by atoms with van der Waals surface area (Å²) in [6, 6.07) is 0.760. The Kier molecular flexibility index (Phi) is 12.7. The third-order valence-corrected chi connectivity index (χ3v) is 6.03. The molecule has 0 aromatic rings. The second-order valence-corrected chi connectivity index (χ2v) is 7.11. The topological polar surface area (TPSA) is 71.4 Å². The summed E-state index contributed by atoms with van der Waals surface area (Å²) in [5.74, 6) is 0. The molecule has 20 heavy (non-hydrogen) atoms. The Morgan fingerprint density at radius 3 is 1.60 bits per heavy atom. The fourth-order valence-corrected chi connectivity index (χ4v) is 4.73. The summed E-state index contributed by atoms with van der Waals surface area (Å²) in [4.78, 5) is 2.03. The molecule has 0 aromatic heterocycles. The molecule has 0 aliphatic carbocycles. The lowest BCUT2D eigenvalue weighted by atomic mass is 10.4. The van der Waals surface area contributed by atoms with Crippen LogP contribution in [0.15, 0.2) is 0 Å². The number of aliphatic hydroxyl groups excluding tert-OH is 2. The lowest BCUT2D eigenvalue weighted by molar-refractivity contribution is 0.0694. The Bertz CT molecular complexity index is 198. The fourth-order valence-electron chi connectivity index (χ4n) is 2.14. The Hall–Kier alpha value is -0.0231. The Labute approximate surface area is 124 Å². The van der Waals surface area contributed by atoms with E-state index in [4.69, 9.17) is 23.5 Å². The second-order valence-electron chi connectivity index (χ2n) is 4.37. The van der Waals surface area contributed by atoms with Gasteiger partial charge in [0, 0.05) is 39.0 Å². The van der Waals surface area contributed by atoms with Crippen LogP contribution in [0.1, 0.15) is 27.2 Å². The molecular formula is C13H31NO5Si. The van der Waals surface area contributed by atoms with Crippen LogP contribution in [0.5, 0.6) is 0 Å². The van der Waals surface area contributed by atoms with Crippen molar-refractivity contribution < 1.29 is 23.5 Å². The highest BCUT2D eigenvalue weighted by molar-refractivity contribution is 6.60. The van der Waals surface area contributed by atoms with E-state index in [-0.39, 0.29) is 13.2 Å². The second kappa shape index (κ2) is 12.7. The normalized spacial score (nSPS) is 12.3. The van der Waals surface area contributed by atoms with Crippen molar-refractivity contribution in [2.75, 3.05) is 52.7 Å². The molecule has 0 aliphatic heterocycles. The smallest absolute Gasteiger partial charge is 0.395 e. The summed E-state index contributed by atoms with van der Waals surface area (Å²) < 4.78 is 17.4. The van der Waals surface area contributed by atoms with Crippen LogP contribution in [-0.2, 0) is 13.3 Å². The summed E-state index contributed by atoms with van der Waals surface area (Å²) in [6.45, 7) is 9.76. The van der Waals surface area contributed by atoms with Crippen LogP contribution in [0.4, 0.5) is 0 Å². The first-order chi connectivity index (χ1) is 9.67. The molecule has 0 aromatic carbocycles. The molecule has 0 amide bonds. The molecule has 0 saturated heterocycles. The van der Waals surface area contributed by atoms with Crippen LogP contribution >= 0.6 is 0 Å². The average molecular weight is 309 g/mol. The van der Waals surface area contributed by atoms with Crippen molar-refractivity contribution in [1.82, 2.24) is 4.90 Å². The van der Waals surface area contributed by atoms with E-state index in [1.54, 1.807) is 0 Å². The minimum Gasteiger partial charge on any atom is -0.395 e. The van der Waals surface area contributed by atoms with Gasteiger partial charge in [0.2, 0.25) is 0 Å². The van der Waals surface area contributed by atoms with Crippen LogP contribution in [0.3, 0.4) is 0 Å². The summed E-state index contributed by atoms with van der Waals surface area (Å²) >= 11 is 0. The fraction of sp³-hybridized carbons (Fsp3) is 1.00. The van der Waals surface area contributed by atoms with Gasteiger partial charge in [0.05, 0.1) is 13.2 Å². The maximum absolute atomic E-state index is 8.99. The highest BCUT2D eigenvalue weighted by atomic mass is 28.4. The van der Waals surface area contributed by atoms with Crippen molar-refractivity contribution >= 4 is 8.80 Å². The van der Waals surface area contributed by atoms with Crippen molar-refractivity contribution in [3.63, 3.8) is 0 Å². The van der Waals surface area contributed by atoms with Crippen LogP contribution < -0.4 is 0 Å². The van der Waals surface area contributed by atoms with E-state index in [2.05, 4.69) is 0 Å². The SMILES string of the molecule is CCO[Si](CCCN(CCO)CCO)(OCC)OCC. The Morgan fingerprint density at radius 2 is 1.25 bits per heavy atom. The quantitative estimate of drug-likeness (QED) is 0.461. The molecule has 0 unspecified atom stereocenters. The zero-order chi connectivity index (χ0) is 15.3. The molecule has 0 bridgehead atoms. The molecule has 122 valence electrons. The predicted octanol–water partition coefficient (Wildman–Crippen LogP) is 0.712. The van der Waals surface area contributed by atoms with Gasteiger partial charge < -0.3 is 23.5 Å². The van der Waals surface area contributed by atoms with Crippen molar-refractivity contribution in [1.29, 1.82) is 0 Å². The highest BCUT2D eigenvalue weighted by Crippen LogP contribution is 2.18. The maximum atomic E-state index is 8.99. The van der Waals surface area contributed by atoms with Crippen molar-refractivity contribution in [2.45, 2.75) is 33.2 Å². The first-order valence-electron chi connectivity index (χ1n) is 7.53. The maximum Gasteiger partial charge on any atom is 0.500 e. The number of aliphatic hydroxyl groups is 2. The van der Waals surface area contributed by atoms with Gasteiger partial charge in [-0.1, -0.05) is 0 Å². The zero-order valence-electron chi connectivity index (χ0n) is 13.1. The van der Waals surface area contributed by atoms with E-state index in [1.807, 2.05) is 25.7 Å². The number of hydrogen-bond acceptors (Lipinski definition) is 6. The number of hydrogen-bond donors (Lipinski definition) is 2. The van der Waals surface area contributed by atoms with Gasteiger partial charge in [-0.3, -0.25) is 4.90 Å². The molecule has 7 heteroatoms. The van der Waals surface area contributed by atoms with Gasteiger partial charge in [0.15, 0.2) is 0 Å². The van der Waals surface area contributed by atoms with E-state index in [0.717, 1.165) is 19.0 Å². The molecule has 0 saturated carbocycles. The largest absolute Gasteiger partial charge is 0.500 e. The van der Waals surface area contributed by atoms with E-state index < -0.39 is 8.80 Å². The van der Waals surface area contributed by atoms with E-state index in [1.165, 1.54) is 0 Å². The van der Waals surface area contributed by atoms with Gasteiger partial charge in [-0.25, -0.2) is 0 Å². The molecule has 0 atom stereocenters. The minimum absolute atomic E-state index is 0.102. The van der Waals surface area contributed by atoms with Crippen LogP contribution in [0.2, 0.25) is 6.04 Å². The van der Waals surface area contributed by atoms with E-state index in [0.29, 0.717) is 32.9 Å². The lowest BCUT2D eigenvalue weighted by Crippen LogP contribution is -2.46. The predicted molar refractivity (Wildman–Crippen MR) is 80.7 cm³/mol. The summed E-state index contributed by atoms with van der Waals surface area (Å²) in [7, 11) is -2.56. The molecule has 0 radical (unpaired) electrons. The first kappa shape index (κ1) is 20.0. The molecule has 6 nitrogen and oxygen atoms in total. The van der Waals surface area contributed by atoms with E-state index >= 15 is 0 Å². The van der Waals surface area contributed by atoms with Gasteiger partial charge in [0.25, 0.3) is 0 Å². The summed E-state index contributed by atoms with van der Waals surface area (Å²) in [6.07, 6.45) is 0.867. The molecular weight excluding hydrogens is 278 g/mol. The molecule has 0 fully saturated rings. The molecule has 2 N–H and O–H groups in total. The third-order valence-electron chi connectivity index (χ3n) is 2.88. The number of nitrogens with zero attached hydrogens (tertiary/aromatic N) is 1. The molecule has 0 heterocycles. The van der Waals surface area contributed by atoms with Gasteiger partial charge in [0.1, 0.15) is 0 Å². The number of rotatable bonds is 14. The van der Waals surface area contributed by atoms with Gasteiger partial charge in [-0.15, -0.1) is 0 Å². The van der Waals surface area contributed by atoms with E-state index in [9.17, 15) is 0 Å². The van der Waals surface area contributed by atoms with Crippen LogP contribution in [0, 0.1) is 0 Å². The standard InChI is InChI=1S/C13H31NO5Si/c1-4-17-20(18-5-2,19-6-3)13-7-8-14(9-11-15)10-12-16/h15-16H,4-13H2,1-3H3. The van der Waals surface area contributed by atoms with Crippen molar-refractivity contribution in [2.24, 2.45) is 0 Å². The first-order valence-corrected chi connectivity index (χ1v) is 9.47. The lowest BCUT2D eigenvalue weighted by Gasteiger charge is -2.29. The summed E-state index contributed by atoms with van der Waals surface area (Å²) in [5, 5.41) is 18.0. The average Bonchev–Trinajstić information content (AvgIpc) is 2.40. The summed E-state index contributed by atoms with van der Waals surface area (Å²) in [5.41, 5.74) is 0. The molecule has 0 spiro atoms. The van der Waals surface area contributed by atoms with Crippen molar-refractivity contribution in [3.05, 3.63) is 0 Å². The Balaban J connectivity index is 4.34. The third kappa shape index (κ3) is 8.31. The highest BCUT2D eigenvalue weighted by Gasteiger charge is 2.39. The Morgan fingerprint density at radius 1 is 0.800 bits per heavy atom. The zero-order valence-corrected chi connectivity index (χ0v) is 14.1. The van der Waals surface area contributed by atoms with Gasteiger partial charge in [-0.05, 0) is 33.7 Å². The van der Waals surface area contributed by atoms with Crippen molar-refractivity contribution in [3.8, 4) is 0 Å². The van der Waals surface area contributed by atoms with Crippen LogP contribution in [-0.4, -0.2) is 76.6 Å². The molecule has 0 aliphatic rings. The monoisotopic (exact) mass is 309 g/mol. The van der Waals surface area contributed by atoms with Gasteiger partial charge >= 0.3 is 8.80 Å². The minimum atomic E-state index is -2.56. The molecule has 0 rings (SSSR count). The van der Waals surface area contributed by atoms with Crippen LogP contribution in [0.25, 0.3) is 0 Å². The van der Waals surface area contributed by atoms with Gasteiger partial charge in [-0.2, -0.15) is 0 Å².